The van der Waals surface area contributed by atoms with Crippen LogP contribution in [-0.4, -0.2) is 17.5 Å². The van der Waals surface area contributed by atoms with Gasteiger partial charge in [-0.2, -0.15) is 11.8 Å². The maximum Gasteiger partial charge on any atom is 0.124 e. The Morgan fingerprint density at radius 2 is 2.06 bits per heavy atom. The summed E-state index contributed by atoms with van der Waals surface area (Å²) in [5.41, 5.74) is 6.95. The Morgan fingerprint density at radius 1 is 1.35 bits per heavy atom. The van der Waals surface area contributed by atoms with Crippen LogP contribution in [0, 0.1) is 11.7 Å². The first-order valence-corrected chi connectivity index (χ1v) is 7.29. The highest BCUT2D eigenvalue weighted by Crippen LogP contribution is 2.19. The second-order valence-corrected chi connectivity index (χ2v) is 6.11. The molecular formula is C13H19ClFNS. The van der Waals surface area contributed by atoms with E-state index in [1.54, 1.807) is 6.07 Å². The van der Waals surface area contributed by atoms with Crippen LogP contribution in [0.25, 0.3) is 0 Å². The molecule has 0 saturated heterocycles. The highest BCUT2D eigenvalue weighted by atomic mass is 35.5. The Morgan fingerprint density at radius 3 is 2.65 bits per heavy atom. The standard InChI is InChI=1S/C13H19ClFNS/c1-9(2)7-17-8-12(16)5-10-3-4-11(15)6-13(10)14/h3-4,6,9,12H,5,7-8,16H2,1-2H3. The number of benzene rings is 1. The Bertz CT molecular complexity index is 357. The van der Waals surface area contributed by atoms with Crippen LogP contribution in [0.2, 0.25) is 5.02 Å². The van der Waals surface area contributed by atoms with Gasteiger partial charge in [0.05, 0.1) is 0 Å². The van der Waals surface area contributed by atoms with E-state index in [1.165, 1.54) is 12.1 Å². The molecule has 17 heavy (non-hydrogen) atoms. The Labute approximate surface area is 112 Å². The van der Waals surface area contributed by atoms with Crippen LogP contribution in [0.3, 0.4) is 0 Å². The molecule has 0 aliphatic rings. The Kier molecular flexibility index (Phi) is 6.31. The van der Waals surface area contributed by atoms with E-state index in [0.29, 0.717) is 17.4 Å². The molecule has 0 aliphatic heterocycles. The Hall–Kier alpha value is -0.250. The van der Waals surface area contributed by atoms with Crippen molar-refractivity contribution in [3.63, 3.8) is 0 Å². The predicted octanol–water partition coefficient (Wildman–Crippen LogP) is 3.74. The first-order chi connectivity index (χ1) is 7.99. The van der Waals surface area contributed by atoms with Crippen molar-refractivity contribution in [1.82, 2.24) is 0 Å². The number of hydrogen-bond donors (Lipinski definition) is 1. The summed E-state index contributed by atoms with van der Waals surface area (Å²) >= 11 is 7.81. The molecule has 1 aromatic rings. The maximum absolute atomic E-state index is 12.9. The molecule has 2 N–H and O–H groups in total. The number of nitrogens with two attached hydrogens (primary N) is 1. The van der Waals surface area contributed by atoms with Crippen LogP contribution in [0.4, 0.5) is 4.39 Å². The van der Waals surface area contributed by atoms with E-state index in [0.717, 1.165) is 17.1 Å². The van der Waals surface area contributed by atoms with Crippen LogP contribution >= 0.6 is 23.4 Å². The summed E-state index contributed by atoms with van der Waals surface area (Å²) in [7, 11) is 0. The van der Waals surface area contributed by atoms with Gasteiger partial charge in [-0.15, -0.1) is 0 Å². The van der Waals surface area contributed by atoms with Gasteiger partial charge < -0.3 is 5.73 Å². The van der Waals surface area contributed by atoms with E-state index in [4.69, 9.17) is 17.3 Å². The first-order valence-electron chi connectivity index (χ1n) is 5.76. The fourth-order valence-electron chi connectivity index (χ4n) is 1.48. The van der Waals surface area contributed by atoms with Crippen molar-refractivity contribution in [3.05, 3.63) is 34.6 Å². The normalized spacial score (nSPS) is 13.1. The van der Waals surface area contributed by atoms with Crippen LogP contribution in [0.5, 0.6) is 0 Å². The van der Waals surface area contributed by atoms with E-state index in [1.807, 2.05) is 11.8 Å². The lowest BCUT2D eigenvalue weighted by atomic mass is 10.1. The van der Waals surface area contributed by atoms with Gasteiger partial charge in [0.25, 0.3) is 0 Å². The Balaban J connectivity index is 2.42. The van der Waals surface area contributed by atoms with Crippen molar-refractivity contribution < 1.29 is 4.39 Å². The summed E-state index contributed by atoms with van der Waals surface area (Å²) < 4.78 is 12.9. The summed E-state index contributed by atoms with van der Waals surface area (Å²) in [5.74, 6) is 2.40. The topological polar surface area (TPSA) is 26.0 Å². The molecule has 0 radical (unpaired) electrons. The molecular weight excluding hydrogens is 257 g/mol. The average Bonchev–Trinajstić information content (AvgIpc) is 2.21. The number of hydrogen-bond acceptors (Lipinski definition) is 2. The minimum atomic E-state index is -0.304. The van der Waals surface area contributed by atoms with E-state index in [-0.39, 0.29) is 11.9 Å². The first kappa shape index (κ1) is 14.8. The van der Waals surface area contributed by atoms with E-state index < -0.39 is 0 Å². The monoisotopic (exact) mass is 275 g/mol. The molecule has 1 atom stereocenters. The van der Waals surface area contributed by atoms with Crippen LogP contribution in [-0.2, 0) is 6.42 Å². The van der Waals surface area contributed by atoms with Crippen molar-refractivity contribution in [2.75, 3.05) is 11.5 Å². The van der Waals surface area contributed by atoms with Gasteiger partial charge in [-0.25, -0.2) is 4.39 Å². The fourth-order valence-corrected chi connectivity index (χ4v) is 2.76. The lowest BCUT2D eigenvalue weighted by Gasteiger charge is -2.13. The lowest BCUT2D eigenvalue weighted by molar-refractivity contribution is 0.626. The van der Waals surface area contributed by atoms with E-state index in [2.05, 4.69) is 13.8 Å². The van der Waals surface area contributed by atoms with Crippen molar-refractivity contribution in [2.24, 2.45) is 11.7 Å². The second-order valence-electron chi connectivity index (χ2n) is 4.63. The molecule has 96 valence electrons. The molecule has 0 aromatic heterocycles. The van der Waals surface area contributed by atoms with Crippen LogP contribution < -0.4 is 5.73 Å². The summed E-state index contributed by atoms with van der Waals surface area (Å²) in [6.45, 7) is 4.38. The summed E-state index contributed by atoms with van der Waals surface area (Å²) in [4.78, 5) is 0. The highest BCUT2D eigenvalue weighted by molar-refractivity contribution is 7.99. The van der Waals surface area contributed by atoms with Gasteiger partial charge in [-0.1, -0.05) is 31.5 Å². The van der Waals surface area contributed by atoms with E-state index in [9.17, 15) is 4.39 Å². The SMILES string of the molecule is CC(C)CSCC(N)Cc1ccc(F)cc1Cl. The second kappa shape index (κ2) is 7.24. The summed E-state index contributed by atoms with van der Waals surface area (Å²) in [5, 5.41) is 0.467. The van der Waals surface area contributed by atoms with Gasteiger partial charge >= 0.3 is 0 Å². The highest BCUT2D eigenvalue weighted by Gasteiger charge is 2.08. The molecule has 0 saturated carbocycles. The van der Waals surface area contributed by atoms with E-state index >= 15 is 0 Å². The average molecular weight is 276 g/mol. The van der Waals surface area contributed by atoms with Crippen molar-refractivity contribution in [2.45, 2.75) is 26.3 Å². The van der Waals surface area contributed by atoms with Gasteiger partial charge in [-0.3, -0.25) is 0 Å². The largest absolute Gasteiger partial charge is 0.327 e. The molecule has 0 heterocycles. The number of halogens is 2. The molecule has 0 amide bonds. The molecule has 1 unspecified atom stereocenters. The smallest absolute Gasteiger partial charge is 0.124 e. The van der Waals surface area contributed by atoms with Gasteiger partial charge in [0, 0.05) is 16.8 Å². The quantitative estimate of drug-likeness (QED) is 0.856. The molecule has 0 fully saturated rings. The predicted molar refractivity (Wildman–Crippen MR) is 75.3 cm³/mol. The third-order valence-electron chi connectivity index (χ3n) is 2.28. The molecule has 0 aliphatic carbocycles. The molecule has 1 rings (SSSR count). The zero-order chi connectivity index (χ0) is 12.8. The molecule has 4 heteroatoms. The lowest BCUT2D eigenvalue weighted by Crippen LogP contribution is -2.26. The maximum atomic E-state index is 12.9. The van der Waals surface area contributed by atoms with Gasteiger partial charge in [-0.05, 0) is 35.8 Å². The van der Waals surface area contributed by atoms with Crippen molar-refractivity contribution in [3.8, 4) is 0 Å². The van der Waals surface area contributed by atoms with Crippen LogP contribution in [0.1, 0.15) is 19.4 Å². The minimum absolute atomic E-state index is 0.0710. The summed E-state index contributed by atoms with van der Waals surface area (Å²) in [6, 6.07) is 4.55. The number of rotatable bonds is 6. The zero-order valence-corrected chi connectivity index (χ0v) is 11.8. The number of thioether (sulfide) groups is 1. The third kappa shape index (κ3) is 5.75. The molecule has 0 bridgehead atoms. The molecule has 1 nitrogen and oxygen atoms in total. The van der Waals surface area contributed by atoms with Crippen LogP contribution in [0.15, 0.2) is 18.2 Å². The summed E-state index contributed by atoms with van der Waals surface area (Å²) in [6.07, 6.45) is 0.699. The van der Waals surface area contributed by atoms with Crippen molar-refractivity contribution >= 4 is 23.4 Å². The zero-order valence-electron chi connectivity index (χ0n) is 10.2. The van der Waals surface area contributed by atoms with Gasteiger partial charge in [0.1, 0.15) is 5.82 Å². The molecule has 0 spiro atoms. The molecule has 1 aromatic carbocycles. The third-order valence-corrected chi connectivity index (χ3v) is 4.20. The van der Waals surface area contributed by atoms with Gasteiger partial charge in [0.2, 0.25) is 0 Å². The van der Waals surface area contributed by atoms with Crippen molar-refractivity contribution in [1.29, 1.82) is 0 Å². The van der Waals surface area contributed by atoms with Gasteiger partial charge in [0.15, 0.2) is 0 Å². The fraction of sp³-hybridized carbons (Fsp3) is 0.538. The minimum Gasteiger partial charge on any atom is -0.327 e.